The number of carbonyl (C=O) groups is 2. The zero-order valence-electron chi connectivity index (χ0n) is 20.2. The third-order valence-electron chi connectivity index (χ3n) is 6.11. The molecule has 1 saturated heterocycles. The fraction of sp³-hybridized carbons (Fsp3) is 0.231. The van der Waals surface area contributed by atoms with Gasteiger partial charge >= 0.3 is 5.97 Å². The summed E-state index contributed by atoms with van der Waals surface area (Å²) in [6.07, 6.45) is 0.965. The highest BCUT2D eigenvalue weighted by Gasteiger charge is 2.56. The summed E-state index contributed by atoms with van der Waals surface area (Å²) in [5, 5.41) is 13.5. The molecule has 1 amide bonds. The second-order valence-electron chi connectivity index (χ2n) is 8.90. The first-order valence-electron chi connectivity index (χ1n) is 11.3. The molecule has 2 N–H and O–H groups in total. The number of nitrogens with one attached hydrogen (secondary N) is 1. The van der Waals surface area contributed by atoms with Gasteiger partial charge in [-0.25, -0.2) is 18.2 Å². The Balaban J connectivity index is 1.66. The molecule has 1 aliphatic heterocycles. The molecule has 0 spiro atoms. The predicted octanol–water partition coefficient (Wildman–Crippen LogP) is 3.83. The van der Waals surface area contributed by atoms with Crippen molar-refractivity contribution in [3.63, 3.8) is 0 Å². The number of hydrogen-bond acceptors (Lipinski definition) is 7. The van der Waals surface area contributed by atoms with E-state index in [0.29, 0.717) is 5.69 Å². The number of aliphatic hydroxyl groups is 1. The number of rotatable bonds is 8. The number of esters is 1. The Morgan fingerprint density at radius 3 is 2.30 bits per heavy atom. The summed E-state index contributed by atoms with van der Waals surface area (Å²) in [4.78, 5) is 26.6. The predicted molar refractivity (Wildman–Crippen MR) is 140 cm³/mol. The monoisotopic (exact) mass is 543 g/mol. The number of benzene rings is 3. The minimum absolute atomic E-state index is 0.0266. The van der Waals surface area contributed by atoms with Gasteiger partial charge in [-0.3, -0.25) is 14.5 Å². The summed E-state index contributed by atoms with van der Waals surface area (Å²) in [6.45, 7) is 0.799. The third kappa shape index (κ3) is 5.41. The molecule has 1 heterocycles. The van der Waals surface area contributed by atoms with Gasteiger partial charge in [0.05, 0.1) is 46.3 Å². The van der Waals surface area contributed by atoms with Crippen LogP contribution in [0.4, 0.5) is 11.4 Å². The molecule has 0 radical (unpaired) electrons. The van der Waals surface area contributed by atoms with E-state index in [1.807, 2.05) is 60.7 Å². The summed E-state index contributed by atoms with van der Waals surface area (Å²) < 4.78 is 31.0. The van der Waals surface area contributed by atoms with Gasteiger partial charge in [-0.15, -0.1) is 0 Å². The van der Waals surface area contributed by atoms with E-state index in [9.17, 15) is 23.1 Å². The summed E-state index contributed by atoms with van der Waals surface area (Å²) in [6, 6.07) is 21.9. The van der Waals surface area contributed by atoms with Crippen molar-refractivity contribution in [3.05, 3.63) is 95.0 Å². The van der Waals surface area contributed by atoms with Crippen molar-refractivity contribution in [1.29, 1.82) is 0 Å². The van der Waals surface area contributed by atoms with Crippen molar-refractivity contribution < 1.29 is 27.9 Å². The van der Waals surface area contributed by atoms with Crippen LogP contribution < -0.4 is 9.73 Å². The Kier molecular flexibility index (Phi) is 7.44. The number of carbonyl (C=O) groups excluding carboxylic acids is 2. The molecular weight excluding hydrogens is 518 g/mol. The molecule has 0 aliphatic carbocycles. The molecule has 4 rings (SSSR count). The number of hydrogen-bond donors (Lipinski definition) is 2. The minimum Gasteiger partial charge on any atom is -0.439 e. The summed E-state index contributed by atoms with van der Waals surface area (Å²) in [7, 11) is -3.63. The van der Waals surface area contributed by atoms with E-state index in [2.05, 4.69) is 4.72 Å². The lowest BCUT2D eigenvalue weighted by atomic mass is 9.79. The van der Waals surface area contributed by atoms with Crippen molar-refractivity contribution in [2.24, 2.45) is 5.41 Å². The van der Waals surface area contributed by atoms with Crippen molar-refractivity contribution in [2.45, 2.75) is 13.0 Å². The first-order chi connectivity index (χ1) is 17.5. The van der Waals surface area contributed by atoms with E-state index >= 15 is 0 Å². The number of halogens is 1. The SMILES string of the molecule is CC1(CO)C(=O)N(COC(=O)c2ccc(Cl)c(NS(C)(=O)=O)c2)N(c2ccccc2)C1c1ccccc1. The Hall–Kier alpha value is -3.60. The van der Waals surface area contributed by atoms with E-state index in [1.165, 1.54) is 23.2 Å². The molecule has 2 unspecified atom stereocenters. The zero-order chi connectivity index (χ0) is 26.8. The van der Waals surface area contributed by atoms with Crippen molar-refractivity contribution in [2.75, 3.05) is 29.3 Å². The molecule has 3 aromatic rings. The molecule has 37 heavy (non-hydrogen) atoms. The van der Waals surface area contributed by atoms with Crippen LogP contribution in [0.3, 0.4) is 0 Å². The van der Waals surface area contributed by atoms with E-state index < -0.39 is 46.7 Å². The number of anilines is 2. The summed E-state index contributed by atoms with van der Waals surface area (Å²) in [5.41, 5.74) is 0.316. The molecule has 11 heteroatoms. The molecule has 1 fully saturated rings. The van der Waals surface area contributed by atoms with Gasteiger partial charge in [0, 0.05) is 0 Å². The molecule has 3 aromatic carbocycles. The number of ether oxygens (including phenoxy) is 1. The lowest BCUT2D eigenvalue weighted by Gasteiger charge is -2.35. The van der Waals surface area contributed by atoms with Gasteiger partial charge in [-0.1, -0.05) is 60.1 Å². The van der Waals surface area contributed by atoms with Crippen LogP contribution in [0.15, 0.2) is 78.9 Å². The van der Waals surface area contributed by atoms with Crippen LogP contribution in [0, 0.1) is 5.41 Å². The average molecular weight is 544 g/mol. The standard InChI is InChI=1S/C26H26ClN3O6S/c1-26(16-31)23(18-9-5-3-6-10-18)30(20-11-7-4-8-12-20)29(25(26)33)17-36-24(32)19-13-14-21(27)22(15-19)28-37(2,34)35/h3-15,23,28,31H,16-17H2,1-2H3. The summed E-state index contributed by atoms with van der Waals surface area (Å²) in [5.74, 6) is -1.21. The van der Waals surface area contributed by atoms with Crippen molar-refractivity contribution in [1.82, 2.24) is 5.01 Å². The Morgan fingerprint density at radius 2 is 1.70 bits per heavy atom. The molecule has 9 nitrogen and oxygen atoms in total. The normalized spacial score (nSPS) is 19.7. The maximum Gasteiger partial charge on any atom is 0.339 e. The maximum absolute atomic E-state index is 13.7. The number of nitrogens with zero attached hydrogens (tertiary/aromatic N) is 2. The van der Waals surface area contributed by atoms with Crippen molar-refractivity contribution >= 4 is 44.9 Å². The number of amides is 1. The largest absolute Gasteiger partial charge is 0.439 e. The van der Waals surface area contributed by atoms with Crippen LogP contribution in [0.5, 0.6) is 0 Å². The van der Waals surface area contributed by atoms with E-state index in [4.69, 9.17) is 16.3 Å². The second-order valence-corrected chi connectivity index (χ2v) is 11.1. The fourth-order valence-corrected chi connectivity index (χ4v) is 5.13. The van der Waals surface area contributed by atoms with Crippen LogP contribution in [0.25, 0.3) is 0 Å². The topological polar surface area (TPSA) is 116 Å². The fourth-order valence-electron chi connectivity index (χ4n) is 4.34. The van der Waals surface area contributed by atoms with Gasteiger partial charge in [-0.05, 0) is 42.8 Å². The average Bonchev–Trinajstić information content (AvgIpc) is 3.11. The Labute approximate surface area is 220 Å². The van der Waals surface area contributed by atoms with E-state index in [-0.39, 0.29) is 16.3 Å². The summed E-state index contributed by atoms with van der Waals surface area (Å²) >= 11 is 6.05. The quantitative estimate of drug-likeness (QED) is 0.415. The molecule has 1 aliphatic rings. The van der Waals surface area contributed by atoms with E-state index in [1.54, 1.807) is 11.9 Å². The maximum atomic E-state index is 13.7. The second kappa shape index (κ2) is 10.4. The number of aliphatic hydroxyl groups excluding tert-OH is 1. The van der Waals surface area contributed by atoms with Gasteiger partial charge in [0.2, 0.25) is 10.0 Å². The molecule has 0 aromatic heterocycles. The molecule has 2 atom stereocenters. The number of para-hydroxylation sites is 1. The first-order valence-corrected chi connectivity index (χ1v) is 13.6. The minimum atomic E-state index is -3.63. The lowest BCUT2D eigenvalue weighted by molar-refractivity contribution is -0.140. The van der Waals surface area contributed by atoms with Gasteiger partial charge in [0.25, 0.3) is 5.91 Å². The smallest absolute Gasteiger partial charge is 0.339 e. The van der Waals surface area contributed by atoms with Crippen LogP contribution in [-0.2, 0) is 19.6 Å². The highest BCUT2D eigenvalue weighted by Crippen LogP contribution is 2.48. The molecular formula is C26H26ClN3O6S. The van der Waals surface area contributed by atoms with Gasteiger partial charge in [0.1, 0.15) is 0 Å². The van der Waals surface area contributed by atoms with Crippen LogP contribution in [-0.4, -0.2) is 50.0 Å². The lowest BCUT2D eigenvalue weighted by Crippen LogP contribution is -2.42. The van der Waals surface area contributed by atoms with E-state index in [0.717, 1.165) is 11.8 Å². The molecule has 194 valence electrons. The molecule has 0 bridgehead atoms. The Bertz CT molecular complexity index is 1400. The zero-order valence-corrected chi connectivity index (χ0v) is 21.7. The number of hydrazine groups is 1. The van der Waals surface area contributed by atoms with Gasteiger partial charge in [-0.2, -0.15) is 0 Å². The highest BCUT2D eigenvalue weighted by atomic mass is 35.5. The number of sulfonamides is 1. The van der Waals surface area contributed by atoms with Gasteiger partial charge in [0.15, 0.2) is 6.73 Å². The third-order valence-corrected chi connectivity index (χ3v) is 7.03. The van der Waals surface area contributed by atoms with Crippen LogP contribution in [0.1, 0.15) is 28.9 Å². The van der Waals surface area contributed by atoms with Gasteiger partial charge < -0.3 is 9.84 Å². The first kappa shape index (κ1) is 26.5. The van der Waals surface area contributed by atoms with Crippen LogP contribution in [0.2, 0.25) is 5.02 Å². The highest BCUT2D eigenvalue weighted by molar-refractivity contribution is 7.92. The molecule has 0 saturated carbocycles. The van der Waals surface area contributed by atoms with Crippen molar-refractivity contribution in [3.8, 4) is 0 Å². The van der Waals surface area contributed by atoms with Crippen LogP contribution >= 0.6 is 11.6 Å². The Morgan fingerprint density at radius 1 is 1.08 bits per heavy atom.